The first kappa shape index (κ1) is 18.3. The van der Waals surface area contributed by atoms with Crippen molar-refractivity contribution in [2.75, 3.05) is 13.7 Å². The van der Waals surface area contributed by atoms with Crippen LogP contribution in [0.4, 0.5) is 0 Å². The lowest BCUT2D eigenvalue weighted by molar-refractivity contribution is -0.147. The third-order valence-electron chi connectivity index (χ3n) is 1.33. The Morgan fingerprint density at radius 2 is 1.56 bits per heavy atom. The third-order valence-corrected chi connectivity index (χ3v) is 1.33. The predicted octanol–water partition coefficient (Wildman–Crippen LogP) is 1.36. The first-order valence-electron chi connectivity index (χ1n) is 5.04. The molecule has 102 valence electrons. The minimum Gasteiger partial charge on any atom is -0.466 e. The van der Waals surface area contributed by atoms with Gasteiger partial charge in [0.25, 0.3) is 0 Å². The Balaban J connectivity index is 0. The molecule has 0 rings (SSSR count). The van der Waals surface area contributed by atoms with Gasteiger partial charge in [-0.2, -0.15) is 0 Å². The molecule has 0 amide bonds. The van der Waals surface area contributed by atoms with Crippen molar-refractivity contribution < 1.29 is 28.6 Å². The molecule has 6 heteroatoms. The van der Waals surface area contributed by atoms with Crippen molar-refractivity contribution in [2.45, 2.75) is 20.8 Å². The van der Waals surface area contributed by atoms with Gasteiger partial charge in [-0.15, -0.1) is 0 Å². The molecular formula is C12H18O6. The molecule has 0 saturated carbocycles. The SMILES string of the molecule is C=C(C)C(=O)OC(=C)C(=O)OC.CCOC(C)=O. The molecule has 6 nitrogen and oxygen atoms in total. The maximum Gasteiger partial charge on any atom is 0.373 e. The highest BCUT2D eigenvalue weighted by molar-refractivity contribution is 5.93. The molecule has 0 saturated heterocycles. The quantitative estimate of drug-likeness (QED) is 0.328. The van der Waals surface area contributed by atoms with Gasteiger partial charge in [-0.1, -0.05) is 6.58 Å². The third kappa shape index (κ3) is 10.4. The van der Waals surface area contributed by atoms with Gasteiger partial charge >= 0.3 is 17.9 Å². The molecule has 0 unspecified atom stereocenters. The van der Waals surface area contributed by atoms with Crippen molar-refractivity contribution in [3.63, 3.8) is 0 Å². The van der Waals surface area contributed by atoms with Crippen LogP contribution in [-0.4, -0.2) is 31.6 Å². The number of esters is 3. The predicted molar refractivity (Wildman–Crippen MR) is 64.4 cm³/mol. The van der Waals surface area contributed by atoms with E-state index >= 15 is 0 Å². The van der Waals surface area contributed by atoms with Gasteiger partial charge in [-0.3, -0.25) is 4.79 Å². The van der Waals surface area contributed by atoms with Crippen LogP contribution in [0.25, 0.3) is 0 Å². The summed E-state index contributed by atoms with van der Waals surface area (Å²) in [5, 5.41) is 0. The van der Waals surface area contributed by atoms with E-state index in [0.29, 0.717) is 6.61 Å². The molecule has 0 fully saturated rings. The van der Waals surface area contributed by atoms with Crippen LogP contribution >= 0.6 is 0 Å². The van der Waals surface area contributed by atoms with E-state index in [1.165, 1.54) is 21.0 Å². The standard InChI is InChI=1S/C8H10O4.C4H8O2/c1-5(2)7(9)12-6(3)8(10)11-4;1-3-6-4(2)5/h1,3H2,2,4H3;3H2,1-2H3. The van der Waals surface area contributed by atoms with Crippen LogP contribution in [0.15, 0.2) is 24.5 Å². The molecule has 0 radical (unpaired) electrons. The van der Waals surface area contributed by atoms with Crippen molar-refractivity contribution in [3.8, 4) is 0 Å². The fraction of sp³-hybridized carbons (Fsp3) is 0.417. The Hall–Kier alpha value is -2.11. The molecule has 0 heterocycles. The summed E-state index contributed by atoms with van der Waals surface area (Å²) in [5.74, 6) is -2.02. The number of methoxy groups -OCH3 is 1. The van der Waals surface area contributed by atoms with Gasteiger partial charge in [0.05, 0.1) is 13.7 Å². The zero-order valence-electron chi connectivity index (χ0n) is 11.1. The number of carbonyl (C=O) groups is 3. The van der Waals surface area contributed by atoms with Crippen LogP contribution in [0, 0.1) is 0 Å². The van der Waals surface area contributed by atoms with Crippen molar-refractivity contribution in [2.24, 2.45) is 0 Å². The molecule has 0 bridgehead atoms. The van der Waals surface area contributed by atoms with Gasteiger partial charge in [-0.25, -0.2) is 9.59 Å². The molecule has 0 atom stereocenters. The monoisotopic (exact) mass is 258 g/mol. The van der Waals surface area contributed by atoms with Gasteiger partial charge in [0, 0.05) is 12.5 Å². The molecule has 0 aliphatic rings. The Morgan fingerprint density at radius 1 is 1.06 bits per heavy atom. The van der Waals surface area contributed by atoms with Crippen LogP contribution in [0.3, 0.4) is 0 Å². The maximum atomic E-state index is 10.8. The Bertz CT molecular complexity index is 342. The lowest BCUT2D eigenvalue weighted by Gasteiger charge is -2.03. The van der Waals surface area contributed by atoms with E-state index in [0.717, 1.165) is 0 Å². The normalized spacial score (nSPS) is 8.22. The van der Waals surface area contributed by atoms with Crippen LogP contribution in [0.1, 0.15) is 20.8 Å². The van der Waals surface area contributed by atoms with Crippen LogP contribution in [0.2, 0.25) is 0 Å². The Labute approximate surface area is 106 Å². The summed E-state index contributed by atoms with van der Waals surface area (Å²) in [6.07, 6.45) is 0. The fourth-order valence-electron chi connectivity index (χ4n) is 0.558. The number of ether oxygens (including phenoxy) is 3. The van der Waals surface area contributed by atoms with Gasteiger partial charge in [0.1, 0.15) is 0 Å². The van der Waals surface area contributed by atoms with Crippen molar-refractivity contribution in [3.05, 3.63) is 24.5 Å². The van der Waals surface area contributed by atoms with E-state index in [2.05, 4.69) is 27.4 Å². The highest BCUT2D eigenvalue weighted by Gasteiger charge is 2.12. The van der Waals surface area contributed by atoms with Crippen LogP contribution < -0.4 is 0 Å². The summed E-state index contributed by atoms with van der Waals surface area (Å²) < 4.78 is 13.1. The number of hydrogen-bond acceptors (Lipinski definition) is 6. The van der Waals surface area contributed by atoms with Gasteiger partial charge < -0.3 is 14.2 Å². The van der Waals surface area contributed by atoms with Crippen LogP contribution in [-0.2, 0) is 28.6 Å². The zero-order valence-corrected chi connectivity index (χ0v) is 11.1. The summed E-state index contributed by atoms with van der Waals surface area (Å²) >= 11 is 0. The first-order chi connectivity index (χ1) is 8.26. The summed E-state index contributed by atoms with van der Waals surface area (Å²) in [4.78, 5) is 31.2. The molecule has 0 aromatic carbocycles. The summed E-state index contributed by atoms with van der Waals surface area (Å²) in [5.41, 5.74) is 0.194. The van der Waals surface area contributed by atoms with Gasteiger partial charge in [0.2, 0.25) is 5.76 Å². The highest BCUT2D eigenvalue weighted by atomic mass is 16.6. The van der Waals surface area contributed by atoms with E-state index in [-0.39, 0.29) is 17.3 Å². The van der Waals surface area contributed by atoms with Crippen molar-refractivity contribution in [1.29, 1.82) is 0 Å². The Morgan fingerprint density at radius 3 is 1.78 bits per heavy atom. The molecule has 0 N–H and O–H groups in total. The average molecular weight is 258 g/mol. The molecule has 0 aromatic rings. The molecule has 0 aliphatic carbocycles. The molecule has 18 heavy (non-hydrogen) atoms. The van der Waals surface area contributed by atoms with Crippen LogP contribution in [0.5, 0.6) is 0 Å². The lowest BCUT2D eigenvalue weighted by atomic mass is 10.4. The summed E-state index contributed by atoms with van der Waals surface area (Å²) in [6, 6.07) is 0. The number of carbonyl (C=O) groups excluding carboxylic acids is 3. The average Bonchev–Trinajstić information content (AvgIpc) is 2.28. The molecule has 0 aromatic heterocycles. The van der Waals surface area contributed by atoms with E-state index in [4.69, 9.17) is 0 Å². The van der Waals surface area contributed by atoms with Crippen molar-refractivity contribution >= 4 is 17.9 Å². The van der Waals surface area contributed by atoms with Gasteiger partial charge in [0.15, 0.2) is 0 Å². The summed E-state index contributed by atoms with van der Waals surface area (Å²) in [6.45, 7) is 11.6. The lowest BCUT2D eigenvalue weighted by Crippen LogP contribution is -2.12. The second kappa shape index (κ2) is 10.1. The second-order valence-electron chi connectivity index (χ2n) is 3.01. The largest absolute Gasteiger partial charge is 0.466 e. The van der Waals surface area contributed by atoms with E-state index in [1.807, 2.05) is 0 Å². The minimum atomic E-state index is -0.774. The highest BCUT2D eigenvalue weighted by Crippen LogP contribution is 2.01. The fourth-order valence-corrected chi connectivity index (χ4v) is 0.558. The maximum absolute atomic E-state index is 10.8. The first-order valence-corrected chi connectivity index (χ1v) is 5.04. The summed E-state index contributed by atoms with van der Waals surface area (Å²) in [7, 11) is 1.17. The van der Waals surface area contributed by atoms with E-state index in [1.54, 1.807) is 6.92 Å². The van der Waals surface area contributed by atoms with E-state index in [9.17, 15) is 14.4 Å². The molecule has 0 aliphatic heterocycles. The molecule has 0 spiro atoms. The van der Waals surface area contributed by atoms with Crippen molar-refractivity contribution in [1.82, 2.24) is 0 Å². The topological polar surface area (TPSA) is 78.9 Å². The number of rotatable bonds is 4. The van der Waals surface area contributed by atoms with Gasteiger partial charge in [-0.05, 0) is 20.4 Å². The zero-order chi connectivity index (χ0) is 14.7. The second-order valence-corrected chi connectivity index (χ2v) is 3.01. The minimum absolute atomic E-state index is 0.194. The Kier molecular flexibility index (Phi) is 10.2. The van der Waals surface area contributed by atoms with E-state index < -0.39 is 11.9 Å². The molecular weight excluding hydrogens is 240 g/mol. The smallest absolute Gasteiger partial charge is 0.373 e. The number of hydrogen-bond donors (Lipinski definition) is 0.